The Labute approximate surface area is 279 Å². The van der Waals surface area contributed by atoms with E-state index in [0.29, 0.717) is 76.0 Å². The first-order chi connectivity index (χ1) is 23.2. The summed E-state index contributed by atoms with van der Waals surface area (Å²) in [5.41, 5.74) is 1.99. The molecule has 48 heavy (non-hydrogen) atoms. The maximum Gasteiger partial charge on any atom is 0.166 e. The molecule has 250 valence electrons. The molecule has 10 heteroatoms. The van der Waals surface area contributed by atoms with E-state index in [4.69, 9.17) is 19.7 Å². The van der Waals surface area contributed by atoms with Crippen LogP contribution in [0.4, 0.5) is 0 Å². The summed E-state index contributed by atoms with van der Waals surface area (Å²) in [6.07, 6.45) is 7.42. The van der Waals surface area contributed by atoms with Gasteiger partial charge in [0.2, 0.25) is 0 Å². The SMILES string of the molecule is C=CCN1CC[C@@]23c4c5ccc(O)c4O[C@@H]2/C(=N/N=C2\CC[C@]4(O)[C@H]6Cc7ccc(O)c8c7[C@@]4(CCN6CC=C)[C@H]2O8)CC[C@@]3(O)[C@H]1C5. The van der Waals surface area contributed by atoms with Crippen molar-refractivity contribution in [2.24, 2.45) is 10.2 Å². The average Bonchev–Trinajstić information content (AvgIpc) is 3.61. The van der Waals surface area contributed by atoms with Gasteiger partial charge in [-0.1, -0.05) is 24.3 Å². The van der Waals surface area contributed by atoms with Gasteiger partial charge in [0.1, 0.15) is 0 Å². The van der Waals surface area contributed by atoms with Gasteiger partial charge >= 0.3 is 0 Å². The summed E-state index contributed by atoms with van der Waals surface area (Å²) in [6, 6.07) is 7.18. The average molecular weight is 651 g/mol. The number of aliphatic hydroxyl groups is 2. The summed E-state index contributed by atoms with van der Waals surface area (Å²) < 4.78 is 13.3. The van der Waals surface area contributed by atoms with Crippen molar-refractivity contribution in [1.82, 2.24) is 9.80 Å². The predicted octanol–water partition coefficient (Wildman–Crippen LogP) is 3.28. The van der Waals surface area contributed by atoms with Crippen LogP contribution in [0.25, 0.3) is 0 Å². The highest BCUT2D eigenvalue weighted by atomic mass is 16.5. The minimum atomic E-state index is -1.06. The van der Waals surface area contributed by atoms with Crippen LogP contribution in [0.15, 0.2) is 59.8 Å². The molecular formula is C38H42N4O6. The van der Waals surface area contributed by atoms with Crippen LogP contribution in [0.5, 0.6) is 23.0 Å². The Morgan fingerprint density at radius 2 is 1.15 bits per heavy atom. The molecule has 2 saturated carbocycles. The summed E-state index contributed by atoms with van der Waals surface area (Å²) in [4.78, 5) is 4.68. The third kappa shape index (κ3) is 3.15. The fourth-order valence-electron chi connectivity index (χ4n) is 12.0. The number of likely N-dealkylation sites (tertiary alicyclic amines) is 2. The molecule has 0 radical (unpaired) electrons. The largest absolute Gasteiger partial charge is 0.504 e. The van der Waals surface area contributed by atoms with Crippen molar-refractivity contribution in [2.45, 2.75) is 97.7 Å². The van der Waals surface area contributed by atoms with Gasteiger partial charge in [-0.05, 0) is 74.6 Å². The molecule has 8 atom stereocenters. The summed E-state index contributed by atoms with van der Waals surface area (Å²) in [7, 11) is 0. The first-order valence-corrected chi connectivity index (χ1v) is 17.5. The first kappa shape index (κ1) is 29.2. The number of nitrogens with zero attached hydrogens (tertiary/aromatic N) is 4. The number of aromatic hydroxyl groups is 2. The molecule has 2 aromatic carbocycles. The highest BCUT2D eigenvalue weighted by Crippen LogP contribution is 2.66. The molecule has 0 unspecified atom stereocenters. The summed E-state index contributed by atoms with van der Waals surface area (Å²) in [5, 5.41) is 57.4. The van der Waals surface area contributed by atoms with Gasteiger partial charge in [0, 0.05) is 49.4 Å². The minimum absolute atomic E-state index is 0.0885. The lowest BCUT2D eigenvalue weighted by Crippen LogP contribution is -2.76. The van der Waals surface area contributed by atoms with E-state index in [1.165, 1.54) is 0 Å². The van der Waals surface area contributed by atoms with Crippen molar-refractivity contribution in [1.29, 1.82) is 0 Å². The van der Waals surface area contributed by atoms with Gasteiger partial charge in [-0.25, -0.2) is 0 Å². The van der Waals surface area contributed by atoms with Gasteiger partial charge in [-0.15, -0.1) is 13.2 Å². The van der Waals surface area contributed by atoms with Crippen molar-refractivity contribution < 1.29 is 29.9 Å². The number of benzene rings is 2. The molecule has 4 aliphatic heterocycles. The maximum absolute atomic E-state index is 12.7. The highest BCUT2D eigenvalue weighted by Gasteiger charge is 2.74. The quantitative estimate of drug-likeness (QED) is 0.287. The van der Waals surface area contributed by atoms with Gasteiger partial charge in [0.05, 0.1) is 33.5 Å². The summed E-state index contributed by atoms with van der Waals surface area (Å²) in [5.74, 6) is 1.11. The fraction of sp³-hybridized carbons (Fsp3) is 0.526. The molecule has 4 aliphatic carbocycles. The van der Waals surface area contributed by atoms with Gasteiger partial charge < -0.3 is 29.9 Å². The molecule has 2 saturated heterocycles. The van der Waals surface area contributed by atoms with Crippen LogP contribution in [-0.2, 0) is 23.7 Å². The number of rotatable bonds is 5. The number of hydrogen-bond acceptors (Lipinski definition) is 10. The fourth-order valence-corrected chi connectivity index (χ4v) is 12.0. The number of phenolic OH excluding ortho intramolecular Hbond substituents is 2. The molecule has 4 fully saturated rings. The molecule has 0 amide bonds. The number of ether oxygens (including phenoxy) is 2. The molecule has 8 aliphatic rings. The Bertz CT molecular complexity index is 1740. The predicted molar refractivity (Wildman–Crippen MR) is 179 cm³/mol. The first-order valence-electron chi connectivity index (χ1n) is 17.5. The zero-order chi connectivity index (χ0) is 32.8. The van der Waals surface area contributed by atoms with E-state index in [0.717, 1.165) is 46.8 Å². The third-order valence-corrected chi connectivity index (χ3v) is 13.8. The second-order valence-corrected chi connectivity index (χ2v) is 15.4. The molecule has 10 nitrogen and oxygen atoms in total. The molecule has 4 N–H and O–H groups in total. The molecule has 2 spiro atoms. The van der Waals surface area contributed by atoms with E-state index in [1.807, 2.05) is 24.3 Å². The van der Waals surface area contributed by atoms with Crippen molar-refractivity contribution in [3.63, 3.8) is 0 Å². The van der Waals surface area contributed by atoms with Crippen LogP contribution in [0.1, 0.15) is 60.8 Å². The molecule has 0 aromatic heterocycles. The van der Waals surface area contributed by atoms with Crippen molar-refractivity contribution in [3.05, 3.63) is 71.8 Å². The lowest BCUT2D eigenvalue weighted by molar-refractivity contribution is -0.164. The van der Waals surface area contributed by atoms with E-state index >= 15 is 0 Å². The Hall–Kier alpha value is -3.70. The maximum atomic E-state index is 12.7. The van der Waals surface area contributed by atoms with Crippen LogP contribution in [0.3, 0.4) is 0 Å². The van der Waals surface area contributed by atoms with E-state index in [2.05, 4.69) is 23.0 Å². The van der Waals surface area contributed by atoms with Gasteiger partial charge in [0.15, 0.2) is 35.2 Å². The smallest absolute Gasteiger partial charge is 0.166 e. The summed E-state index contributed by atoms with van der Waals surface area (Å²) >= 11 is 0. The lowest BCUT2D eigenvalue weighted by atomic mass is 9.48. The Kier molecular flexibility index (Phi) is 5.79. The van der Waals surface area contributed by atoms with E-state index < -0.39 is 34.2 Å². The van der Waals surface area contributed by atoms with Crippen molar-refractivity contribution in [3.8, 4) is 23.0 Å². The monoisotopic (exact) mass is 650 g/mol. The van der Waals surface area contributed by atoms with Gasteiger partial charge in [0.25, 0.3) is 0 Å². The zero-order valence-corrected chi connectivity index (χ0v) is 27.1. The Morgan fingerprint density at radius 1 is 0.708 bits per heavy atom. The van der Waals surface area contributed by atoms with Gasteiger partial charge in [-0.3, -0.25) is 9.80 Å². The zero-order valence-electron chi connectivity index (χ0n) is 27.1. The van der Waals surface area contributed by atoms with E-state index in [1.54, 1.807) is 12.1 Å². The standard InChI is InChI=1S/C38H42N4O6/c1-3-15-41-17-13-35-29-21-5-7-25(43)31(29)47-33(35)23(9-11-37(35,45)27(41)19-21)39-40-24-10-12-38(46)28-20-22-6-8-26(44)32-30(22)36(38,34(24)48-32)14-18-42(28)16-4-2/h3-8,27-28,33-34,43-46H,1-2,9-20H2/b39-23+,40-24+/t27-,28-,33-,34+,35-,36+,37-,38+/m1/s1. The minimum Gasteiger partial charge on any atom is -0.504 e. The van der Waals surface area contributed by atoms with Crippen LogP contribution in [0.2, 0.25) is 0 Å². The lowest BCUT2D eigenvalue weighted by Gasteiger charge is -2.63. The normalized spacial score (nSPS) is 41.4. The van der Waals surface area contributed by atoms with Crippen molar-refractivity contribution >= 4 is 11.4 Å². The molecule has 2 aromatic rings. The van der Waals surface area contributed by atoms with Crippen LogP contribution in [0, 0.1) is 0 Å². The second-order valence-electron chi connectivity index (χ2n) is 15.4. The number of phenols is 2. The number of piperidine rings is 2. The van der Waals surface area contributed by atoms with E-state index in [-0.39, 0.29) is 23.6 Å². The topological polar surface area (TPSA) is 131 Å². The molecule has 4 bridgehead atoms. The highest BCUT2D eigenvalue weighted by molar-refractivity contribution is 5.97. The van der Waals surface area contributed by atoms with Crippen LogP contribution in [-0.4, -0.2) is 103 Å². The third-order valence-electron chi connectivity index (χ3n) is 13.8. The van der Waals surface area contributed by atoms with Gasteiger partial charge in [-0.2, -0.15) is 10.2 Å². The number of hydrogen-bond donors (Lipinski definition) is 4. The summed E-state index contributed by atoms with van der Waals surface area (Å²) in [6.45, 7) is 10.9. The second kappa shape index (κ2) is 9.50. The Balaban J connectivity index is 1.08. The van der Waals surface area contributed by atoms with E-state index in [9.17, 15) is 20.4 Å². The van der Waals surface area contributed by atoms with Crippen molar-refractivity contribution in [2.75, 3.05) is 26.2 Å². The molecule has 4 heterocycles. The van der Waals surface area contributed by atoms with Crippen LogP contribution >= 0.6 is 0 Å². The molecule has 10 rings (SSSR count). The Morgan fingerprint density at radius 3 is 1.56 bits per heavy atom. The van der Waals surface area contributed by atoms with Crippen LogP contribution < -0.4 is 9.47 Å². The molecular weight excluding hydrogens is 608 g/mol.